The Morgan fingerprint density at radius 1 is 1.55 bits per heavy atom. The molecule has 1 rings (SSSR count). The van der Waals surface area contributed by atoms with E-state index in [4.69, 9.17) is 9.47 Å². The molecule has 0 unspecified atom stereocenters. The van der Waals surface area contributed by atoms with Crippen LogP contribution in [0.15, 0.2) is 36.5 Å². The molecule has 0 bridgehead atoms. The Morgan fingerprint density at radius 2 is 2.23 bits per heavy atom. The molecule has 0 spiro atoms. The predicted molar refractivity (Wildman–Crippen MR) is 85.2 cm³/mol. The van der Waals surface area contributed by atoms with Crippen LogP contribution in [0.2, 0.25) is 0 Å². The van der Waals surface area contributed by atoms with Gasteiger partial charge in [-0.05, 0) is 38.8 Å². The van der Waals surface area contributed by atoms with E-state index in [-0.39, 0.29) is 30.1 Å². The molecule has 1 aliphatic heterocycles. The number of nitrogens with one attached hydrogen (secondary N) is 1. The summed E-state index contributed by atoms with van der Waals surface area (Å²) >= 11 is 0. The van der Waals surface area contributed by atoms with E-state index < -0.39 is 6.10 Å². The van der Waals surface area contributed by atoms with Crippen LogP contribution in [0.1, 0.15) is 34.1 Å². The van der Waals surface area contributed by atoms with Crippen molar-refractivity contribution >= 4 is 11.9 Å². The molecule has 122 valence electrons. The van der Waals surface area contributed by atoms with E-state index in [1.165, 1.54) is 13.0 Å². The van der Waals surface area contributed by atoms with E-state index in [9.17, 15) is 9.59 Å². The molecule has 1 aliphatic rings. The van der Waals surface area contributed by atoms with Gasteiger partial charge in [-0.2, -0.15) is 0 Å². The van der Waals surface area contributed by atoms with Crippen LogP contribution in [0.25, 0.3) is 0 Å². The number of carbonyl (C=O) groups is 2. The third-order valence-electron chi connectivity index (χ3n) is 3.40. The Kier molecular flexibility index (Phi) is 7.05. The number of hydrogen-bond acceptors (Lipinski definition) is 4. The molecule has 0 radical (unpaired) electrons. The summed E-state index contributed by atoms with van der Waals surface area (Å²) in [5.74, 6) is -0.621. The first kappa shape index (κ1) is 18.2. The molecule has 0 aromatic carbocycles. The minimum Gasteiger partial charge on any atom is -0.459 e. The molecule has 22 heavy (non-hydrogen) atoms. The van der Waals surface area contributed by atoms with Crippen LogP contribution in [0.5, 0.6) is 0 Å². The van der Waals surface area contributed by atoms with Gasteiger partial charge in [0.05, 0.1) is 18.2 Å². The van der Waals surface area contributed by atoms with Gasteiger partial charge < -0.3 is 14.8 Å². The maximum atomic E-state index is 11.9. The topological polar surface area (TPSA) is 64.6 Å². The molecule has 1 heterocycles. The first-order valence-electron chi connectivity index (χ1n) is 7.44. The fourth-order valence-electron chi connectivity index (χ4n) is 2.27. The van der Waals surface area contributed by atoms with Crippen molar-refractivity contribution in [1.82, 2.24) is 5.32 Å². The maximum Gasteiger partial charge on any atom is 0.303 e. The highest BCUT2D eigenvalue weighted by Gasteiger charge is 2.27. The van der Waals surface area contributed by atoms with Gasteiger partial charge in [-0.1, -0.05) is 12.2 Å². The fraction of sp³-hybridized carbons (Fsp3) is 0.529. The number of rotatable bonds is 6. The third-order valence-corrected chi connectivity index (χ3v) is 3.40. The smallest absolute Gasteiger partial charge is 0.303 e. The Hall–Kier alpha value is -1.88. The molecule has 5 nitrogen and oxygen atoms in total. The van der Waals surface area contributed by atoms with E-state index in [2.05, 4.69) is 11.9 Å². The second-order valence-electron chi connectivity index (χ2n) is 5.47. The Morgan fingerprint density at radius 3 is 2.82 bits per heavy atom. The molecule has 0 aliphatic carbocycles. The minimum atomic E-state index is -0.433. The van der Waals surface area contributed by atoms with Gasteiger partial charge in [0.15, 0.2) is 0 Å². The SMILES string of the molecule is C=CC[C@H]1O[C@H](C)[C@H](NC(=O)/C=C\[C@H](C)OC(C)=O)C=C1C. The molecule has 0 saturated heterocycles. The van der Waals surface area contributed by atoms with Crippen LogP contribution in [0.4, 0.5) is 0 Å². The van der Waals surface area contributed by atoms with Crippen LogP contribution < -0.4 is 5.32 Å². The lowest BCUT2D eigenvalue weighted by molar-refractivity contribution is -0.143. The summed E-state index contributed by atoms with van der Waals surface area (Å²) in [7, 11) is 0. The highest BCUT2D eigenvalue weighted by molar-refractivity contribution is 5.88. The highest BCUT2D eigenvalue weighted by atomic mass is 16.5. The number of ether oxygens (including phenoxy) is 2. The summed E-state index contributed by atoms with van der Waals surface area (Å²) in [6.45, 7) is 10.7. The van der Waals surface area contributed by atoms with Gasteiger partial charge in [0, 0.05) is 13.0 Å². The lowest BCUT2D eigenvalue weighted by Crippen LogP contribution is -2.46. The Labute approximate surface area is 132 Å². The number of hydrogen-bond donors (Lipinski definition) is 1. The quantitative estimate of drug-likeness (QED) is 0.464. The van der Waals surface area contributed by atoms with E-state index in [0.29, 0.717) is 0 Å². The molecule has 1 amide bonds. The molecule has 0 saturated carbocycles. The van der Waals surface area contributed by atoms with E-state index in [0.717, 1.165) is 12.0 Å². The molecular formula is C17H25NO4. The Balaban J connectivity index is 2.59. The highest BCUT2D eigenvalue weighted by Crippen LogP contribution is 2.22. The van der Waals surface area contributed by atoms with Gasteiger partial charge in [-0.3, -0.25) is 9.59 Å². The van der Waals surface area contributed by atoms with Crippen LogP contribution in [0.3, 0.4) is 0 Å². The monoisotopic (exact) mass is 307 g/mol. The second-order valence-corrected chi connectivity index (χ2v) is 5.47. The lowest BCUT2D eigenvalue weighted by Gasteiger charge is -2.33. The zero-order valence-corrected chi connectivity index (χ0v) is 13.7. The van der Waals surface area contributed by atoms with E-state index >= 15 is 0 Å². The van der Waals surface area contributed by atoms with Gasteiger partial charge in [-0.15, -0.1) is 6.58 Å². The van der Waals surface area contributed by atoms with Crippen molar-refractivity contribution < 1.29 is 19.1 Å². The summed E-state index contributed by atoms with van der Waals surface area (Å²) < 4.78 is 10.8. The van der Waals surface area contributed by atoms with Crippen molar-refractivity contribution in [2.45, 2.75) is 58.5 Å². The van der Waals surface area contributed by atoms with Crippen LogP contribution >= 0.6 is 0 Å². The first-order valence-corrected chi connectivity index (χ1v) is 7.44. The standard InChI is InChI=1S/C17H25NO4/c1-6-7-16-11(2)10-15(13(4)22-16)18-17(20)9-8-12(3)21-14(5)19/h6,8-10,12-13,15-16H,1,7H2,2-5H3,(H,18,20)/b9-8-/t12-,13+,15+,16+/m0/s1. The molecular weight excluding hydrogens is 282 g/mol. The molecule has 0 fully saturated rings. The summed E-state index contributed by atoms with van der Waals surface area (Å²) in [5.41, 5.74) is 1.08. The van der Waals surface area contributed by atoms with Gasteiger partial charge in [0.1, 0.15) is 6.10 Å². The largest absolute Gasteiger partial charge is 0.459 e. The summed E-state index contributed by atoms with van der Waals surface area (Å²) in [6, 6.07) is -0.178. The van der Waals surface area contributed by atoms with Gasteiger partial charge in [-0.25, -0.2) is 0 Å². The first-order chi connectivity index (χ1) is 10.3. The van der Waals surface area contributed by atoms with Gasteiger partial charge in [0.25, 0.3) is 0 Å². The third kappa shape index (κ3) is 5.85. The molecule has 1 N–H and O–H groups in total. The van der Waals surface area contributed by atoms with Gasteiger partial charge in [0.2, 0.25) is 5.91 Å². The molecule has 0 aromatic heterocycles. The Bertz CT molecular complexity index is 481. The average molecular weight is 307 g/mol. The molecule has 0 aromatic rings. The molecule has 5 heteroatoms. The molecule has 4 atom stereocenters. The average Bonchev–Trinajstić information content (AvgIpc) is 2.41. The minimum absolute atomic E-state index is 0.0279. The number of amides is 1. The van der Waals surface area contributed by atoms with Crippen LogP contribution in [0, 0.1) is 0 Å². The van der Waals surface area contributed by atoms with Crippen molar-refractivity contribution in [3.8, 4) is 0 Å². The zero-order chi connectivity index (χ0) is 16.7. The number of esters is 1. The maximum absolute atomic E-state index is 11.9. The van der Waals surface area contributed by atoms with Crippen LogP contribution in [-0.2, 0) is 19.1 Å². The van der Waals surface area contributed by atoms with Gasteiger partial charge >= 0.3 is 5.97 Å². The fourth-order valence-corrected chi connectivity index (χ4v) is 2.27. The summed E-state index contributed by atoms with van der Waals surface area (Å²) in [5, 5.41) is 2.88. The zero-order valence-electron chi connectivity index (χ0n) is 13.7. The van der Waals surface area contributed by atoms with Crippen molar-refractivity contribution in [1.29, 1.82) is 0 Å². The predicted octanol–water partition coefficient (Wildman–Crippen LogP) is 2.29. The van der Waals surface area contributed by atoms with Crippen molar-refractivity contribution in [3.63, 3.8) is 0 Å². The van der Waals surface area contributed by atoms with E-state index in [1.807, 2.05) is 26.0 Å². The van der Waals surface area contributed by atoms with Crippen molar-refractivity contribution in [3.05, 3.63) is 36.5 Å². The summed E-state index contributed by atoms with van der Waals surface area (Å²) in [6.07, 6.45) is 7.00. The second kappa shape index (κ2) is 8.54. The lowest BCUT2D eigenvalue weighted by atomic mass is 9.98. The number of carbonyl (C=O) groups excluding carboxylic acids is 2. The summed E-state index contributed by atoms with van der Waals surface area (Å²) in [4.78, 5) is 22.7. The normalized spacial score (nSPS) is 26.2. The van der Waals surface area contributed by atoms with Crippen molar-refractivity contribution in [2.75, 3.05) is 0 Å². The van der Waals surface area contributed by atoms with Crippen molar-refractivity contribution in [2.24, 2.45) is 0 Å². The van der Waals surface area contributed by atoms with E-state index in [1.54, 1.807) is 13.0 Å². The van der Waals surface area contributed by atoms with Crippen LogP contribution in [-0.4, -0.2) is 36.2 Å².